The maximum atomic E-state index is 13.2. The maximum Gasteiger partial charge on any atom is 0.325 e. The second kappa shape index (κ2) is 7.14. The summed E-state index contributed by atoms with van der Waals surface area (Å²) in [4.78, 5) is 52.8. The Kier molecular flexibility index (Phi) is 4.80. The topological polar surface area (TPSA) is 95.6 Å². The highest BCUT2D eigenvalue weighted by Gasteiger charge is 2.54. The third kappa shape index (κ3) is 3.14. The van der Waals surface area contributed by atoms with Crippen LogP contribution >= 0.6 is 22.7 Å². The molecule has 0 unspecified atom stereocenters. The first kappa shape index (κ1) is 18.8. The van der Waals surface area contributed by atoms with Gasteiger partial charge in [-0.15, -0.1) is 22.7 Å². The molecule has 3 heterocycles. The van der Waals surface area contributed by atoms with Crippen LogP contribution in [-0.2, 0) is 28.1 Å². The lowest BCUT2D eigenvalue weighted by Gasteiger charge is -2.31. The summed E-state index contributed by atoms with van der Waals surface area (Å²) in [5.74, 6) is -0.785. The SMILES string of the molecule is CC(=O)NCc1ccc(C(=O)CN2C(=O)N[C@@]3(CCCc4sccc43)C2=O)s1. The number of rotatable bonds is 5. The summed E-state index contributed by atoms with van der Waals surface area (Å²) in [7, 11) is 0. The van der Waals surface area contributed by atoms with Crippen molar-refractivity contribution < 1.29 is 19.2 Å². The van der Waals surface area contributed by atoms with Gasteiger partial charge in [-0.3, -0.25) is 19.3 Å². The summed E-state index contributed by atoms with van der Waals surface area (Å²) in [6.45, 7) is 1.49. The van der Waals surface area contributed by atoms with Crippen LogP contribution in [0.25, 0.3) is 0 Å². The van der Waals surface area contributed by atoms with Crippen molar-refractivity contribution in [2.45, 2.75) is 38.3 Å². The molecule has 1 atom stereocenters. The standard InChI is InChI=1S/C19H19N3O4S2/c1-11(23)20-9-12-4-5-16(28-12)14(24)10-22-17(25)19(21-18(22)26)7-2-3-15-13(19)6-8-27-15/h4-6,8H,2-3,7,9-10H2,1H3,(H,20,23)(H,21,26)/t19-/m1/s1. The van der Waals surface area contributed by atoms with Crippen molar-refractivity contribution >= 4 is 46.3 Å². The number of imide groups is 1. The molecule has 0 saturated carbocycles. The summed E-state index contributed by atoms with van der Waals surface area (Å²) in [5, 5.41) is 7.47. The third-order valence-electron chi connectivity index (χ3n) is 5.09. The van der Waals surface area contributed by atoms with Crippen LogP contribution in [0.5, 0.6) is 0 Å². The minimum atomic E-state index is -1.03. The first-order chi connectivity index (χ1) is 13.4. The van der Waals surface area contributed by atoms with Crippen LogP contribution in [0.3, 0.4) is 0 Å². The molecule has 2 N–H and O–H groups in total. The molecule has 7 nitrogen and oxygen atoms in total. The average molecular weight is 418 g/mol. The fourth-order valence-electron chi connectivity index (χ4n) is 3.74. The number of carbonyl (C=O) groups excluding carboxylic acids is 4. The molecule has 2 aliphatic rings. The molecule has 4 rings (SSSR count). The van der Waals surface area contributed by atoms with Gasteiger partial charge in [0.15, 0.2) is 5.78 Å². The van der Waals surface area contributed by atoms with Crippen molar-refractivity contribution in [3.63, 3.8) is 0 Å². The Morgan fingerprint density at radius 3 is 2.89 bits per heavy atom. The number of thiophene rings is 2. The van der Waals surface area contributed by atoms with Crippen LogP contribution in [0.2, 0.25) is 0 Å². The van der Waals surface area contributed by atoms with Crippen LogP contribution in [0.1, 0.15) is 44.8 Å². The fraction of sp³-hybridized carbons (Fsp3) is 0.368. The fourth-order valence-corrected chi connectivity index (χ4v) is 5.62. The van der Waals surface area contributed by atoms with E-state index >= 15 is 0 Å². The van der Waals surface area contributed by atoms with Crippen molar-refractivity contribution in [2.24, 2.45) is 0 Å². The lowest BCUT2D eigenvalue weighted by atomic mass is 9.80. The zero-order chi connectivity index (χ0) is 19.9. The molecule has 1 saturated heterocycles. The Morgan fingerprint density at radius 2 is 2.11 bits per heavy atom. The van der Waals surface area contributed by atoms with Crippen molar-refractivity contribution in [1.82, 2.24) is 15.5 Å². The predicted octanol–water partition coefficient (Wildman–Crippen LogP) is 2.41. The van der Waals surface area contributed by atoms with Crippen molar-refractivity contribution in [1.29, 1.82) is 0 Å². The summed E-state index contributed by atoms with van der Waals surface area (Å²) >= 11 is 2.85. The average Bonchev–Trinajstić information content (AvgIpc) is 3.37. The number of urea groups is 1. The Labute approximate surface area is 169 Å². The van der Waals surface area contributed by atoms with E-state index in [1.807, 2.05) is 11.4 Å². The minimum absolute atomic E-state index is 0.147. The number of aryl methyl sites for hydroxylation is 1. The van der Waals surface area contributed by atoms with Crippen molar-refractivity contribution in [3.05, 3.63) is 43.8 Å². The number of nitrogens with zero attached hydrogens (tertiary/aromatic N) is 1. The number of fused-ring (bicyclic) bond motifs is 2. The second-order valence-corrected chi connectivity index (χ2v) is 9.11. The molecular weight excluding hydrogens is 398 g/mol. The number of hydrogen-bond donors (Lipinski definition) is 2. The van der Waals surface area contributed by atoms with E-state index in [-0.39, 0.29) is 24.1 Å². The van der Waals surface area contributed by atoms with Gasteiger partial charge < -0.3 is 10.6 Å². The molecule has 0 bridgehead atoms. The number of amides is 4. The predicted molar refractivity (Wildman–Crippen MR) is 105 cm³/mol. The molecule has 28 heavy (non-hydrogen) atoms. The third-order valence-corrected chi connectivity index (χ3v) is 7.19. The highest BCUT2D eigenvalue weighted by molar-refractivity contribution is 7.14. The Balaban J connectivity index is 1.50. The van der Waals surface area contributed by atoms with Gasteiger partial charge in [0, 0.05) is 22.2 Å². The molecule has 0 aromatic carbocycles. The van der Waals surface area contributed by atoms with Crippen LogP contribution < -0.4 is 10.6 Å². The van der Waals surface area contributed by atoms with E-state index in [1.54, 1.807) is 23.5 Å². The number of Topliss-reactive ketones (excluding diaryl/α,β-unsaturated/α-hetero) is 1. The summed E-state index contributed by atoms with van der Waals surface area (Å²) < 4.78 is 0. The zero-order valence-electron chi connectivity index (χ0n) is 15.2. The zero-order valence-corrected chi connectivity index (χ0v) is 16.9. The second-order valence-electron chi connectivity index (χ2n) is 6.94. The summed E-state index contributed by atoms with van der Waals surface area (Å²) in [6, 6.07) is 4.80. The molecule has 4 amide bonds. The molecule has 9 heteroatoms. The van der Waals surface area contributed by atoms with Gasteiger partial charge in [-0.2, -0.15) is 0 Å². The van der Waals surface area contributed by atoms with Gasteiger partial charge in [0.1, 0.15) is 5.54 Å². The number of ketones is 1. The van der Waals surface area contributed by atoms with Gasteiger partial charge in [-0.25, -0.2) is 4.79 Å². The van der Waals surface area contributed by atoms with Crippen molar-refractivity contribution in [3.8, 4) is 0 Å². The Hall–Kier alpha value is -2.52. The molecule has 1 aliphatic heterocycles. The maximum absolute atomic E-state index is 13.2. The van der Waals surface area contributed by atoms with E-state index < -0.39 is 11.6 Å². The van der Waals surface area contributed by atoms with Crippen LogP contribution in [0, 0.1) is 0 Å². The molecule has 1 aliphatic carbocycles. The molecule has 1 fully saturated rings. The van der Waals surface area contributed by atoms with Gasteiger partial charge in [-0.1, -0.05) is 0 Å². The van der Waals surface area contributed by atoms with Gasteiger partial charge in [0.25, 0.3) is 5.91 Å². The first-order valence-electron chi connectivity index (χ1n) is 8.98. The molecule has 1 spiro atoms. The molecule has 2 aromatic heterocycles. The highest BCUT2D eigenvalue weighted by atomic mass is 32.1. The van der Waals surface area contributed by atoms with E-state index in [1.165, 1.54) is 18.3 Å². The Morgan fingerprint density at radius 1 is 1.29 bits per heavy atom. The molecule has 146 valence electrons. The van der Waals surface area contributed by atoms with Gasteiger partial charge >= 0.3 is 6.03 Å². The van der Waals surface area contributed by atoms with Crippen LogP contribution in [-0.4, -0.2) is 35.1 Å². The monoisotopic (exact) mass is 417 g/mol. The van der Waals surface area contributed by atoms with Crippen LogP contribution in [0.4, 0.5) is 4.79 Å². The molecule has 2 aromatic rings. The van der Waals surface area contributed by atoms with Gasteiger partial charge in [0.2, 0.25) is 5.91 Å². The molecular formula is C19H19N3O4S2. The smallest absolute Gasteiger partial charge is 0.325 e. The summed E-state index contributed by atoms with van der Waals surface area (Å²) in [6.07, 6.45) is 2.27. The minimum Gasteiger partial charge on any atom is -0.351 e. The summed E-state index contributed by atoms with van der Waals surface area (Å²) in [5.41, 5.74) is -0.164. The number of nitrogens with one attached hydrogen (secondary N) is 2. The number of carbonyl (C=O) groups is 4. The number of hydrogen-bond acceptors (Lipinski definition) is 6. The van der Waals surface area contributed by atoms with Crippen LogP contribution in [0.15, 0.2) is 23.6 Å². The van der Waals surface area contributed by atoms with E-state index in [0.29, 0.717) is 17.8 Å². The molecule has 0 radical (unpaired) electrons. The Bertz CT molecular complexity index is 979. The van der Waals surface area contributed by atoms with E-state index in [9.17, 15) is 19.2 Å². The lowest BCUT2D eigenvalue weighted by molar-refractivity contribution is -0.131. The van der Waals surface area contributed by atoms with Gasteiger partial charge in [-0.05, 0) is 42.8 Å². The first-order valence-corrected chi connectivity index (χ1v) is 10.7. The lowest BCUT2D eigenvalue weighted by Crippen LogP contribution is -2.46. The largest absolute Gasteiger partial charge is 0.351 e. The highest BCUT2D eigenvalue weighted by Crippen LogP contribution is 2.42. The van der Waals surface area contributed by atoms with E-state index in [2.05, 4.69) is 10.6 Å². The quantitative estimate of drug-likeness (QED) is 0.577. The van der Waals surface area contributed by atoms with E-state index in [4.69, 9.17) is 0 Å². The van der Waals surface area contributed by atoms with Crippen molar-refractivity contribution in [2.75, 3.05) is 6.54 Å². The normalized spacial score (nSPS) is 21.0. The van der Waals surface area contributed by atoms with E-state index in [0.717, 1.165) is 33.1 Å². The van der Waals surface area contributed by atoms with Gasteiger partial charge in [0.05, 0.1) is 18.0 Å².